The lowest BCUT2D eigenvalue weighted by atomic mass is 10.1. The first-order chi connectivity index (χ1) is 8.45. The van der Waals surface area contributed by atoms with E-state index < -0.39 is 11.9 Å². The maximum atomic E-state index is 13.1. The van der Waals surface area contributed by atoms with Crippen molar-refractivity contribution in [1.82, 2.24) is 4.90 Å². The first-order valence-electron chi connectivity index (χ1n) is 5.80. The van der Waals surface area contributed by atoms with Gasteiger partial charge < -0.3 is 14.7 Å². The summed E-state index contributed by atoms with van der Waals surface area (Å²) in [6, 6.07) is 3.86. The zero-order valence-electron chi connectivity index (χ0n) is 10.8. The van der Waals surface area contributed by atoms with E-state index in [0.29, 0.717) is 12.1 Å². The molecule has 0 bridgehead atoms. The van der Waals surface area contributed by atoms with Crippen LogP contribution in [0, 0.1) is 5.82 Å². The zero-order valence-corrected chi connectivity index (χ0v) is 10.8. The minimum Gasteiger partial charge on any atom is -0.483 e. The fourth-order valence-corrected chi connectivity index (χ4v) is 1.40. The van der Waals surface area contributed by atoms with Crippen molar-refractivity contribution in [3.05, 3.63) is 29.6 Å². The zero-order chi connectivity index (χ0) is 13.7. The lowest BCUT2D eigenvalue weighted by molar-refractivity contribution is -0.131. The van der Waals surface area contributed by atoms with Crippen LogP contribution < -0.4 is 4.74 Å². The molecule has 1 aromatic rings. The second-order valence-corrected chi connectivity index (χ2v) is 4.05. The van der Waals surface area contributed by atoms with Gasteiger partial charge in [-0.2, -0.15) is 0 Å². The molecule has 4 nitrogen and oxygen atoms in total. The van der Waals surface area contributed by atoms with Crippen LogP contribution in [0.5, 0.6) is 5.75 Å². The fourth-order valence-electron chi connectivity index (χ4n) is 1.40. The van der Waals surface area contributed by atoms with E-state index in [1.165, 1.54) is 23.1 Å². The third-order valence-electron chi connectivity index (χ3n) is 2.68. The van der Waals surface area contributed by atoms with Gasteiger partial charge in [0.2, 0.25) is 0 Å². The summed E-state index contributed by atoms with van der Waals surface area (Å²) in [5.74, 6) is -0.466. The topological polar surface area (TPSA) is 49.8 Å². The van der Waals surface area contributed by atoms with E-state index in [4.69, 9.17) is 4.74 Å². The molecule has 1 amide bonds. The Morgan fingerprint density at radius 1 is 1.56 bits per heavy atom. The van der Waals surface area contributed by atoms with E-state index in [2.05, 4.69) is 0 Å². The molecule has 1 N–H and O–H groups in total. The van der Waals surface area contributed by atoms with Gasteiger partial charge in [-0.05, 0) is 26.0 Å². The van der Waals surface area contributed by atoms with Crippen LogP contribution >= 0.6 is 0 Å². The number of nitrogens with zero attached hydrogens (tertiary/aromatic N) is 1. The summed E-state index contributed by atoms with van der Waals surface area (Å²) < 4.78 is 18.4. The Balaban J connectivity index is 2.77. The van der Waals surface area contributed by atoms with Crippen LogP contribution in [-0.4, -0.2) is 36.1 Å². The number of carbonyl (C=O) groups excluding carboxylic acids is 1. The Morgan fingerprint density at radius 2 is 2.22 bits per heavy atom. The normalized spacial score (nSPS) is 12.1. The number of hydrogen-bond acceptors (Lipinski definition) is 3. The number of likely N-dealkylation sites (N-methyl/N-ethyl adjacent to an activating group) is 1. The number of rotatable bonds is 5. The van der Waals surface area contributed by atoms with E-state index >= 15 is 0 Å². The summed E-state index contributed by atoms with van der Waals surface area (Å²) in [4.78, 5) is 13.1. The van der Waals surface area contributed by atoms with Crippen LogP contribution in [0.3, 0.4) is 0 Å². The number of ether oxygens (including phenoxy) is 1. The van der Waals surface area contributed by atoms with Crippen molar-refractivity contribution in [3.8, 4) is 5.75 Å². The number of aliphatic hydroxyl groups excluding tert-OH is 1. The van der Waals surface area contributed by atoms with Crippen molar-refractivity contribution >= 4 is 5.91 Å². The van der Waals surface area contributed by atoms with Crippen LogP contribution in [0.15, 0.2) is 18.2 Å². The summed E-state index contributed by atoms with van der Waals surface area (Å²) in [6.07, 6.45) is -0.778. The van der Waals surface area contributed by atoms with Crippen LogP contribution in [-0.2, 0) is 4.79 Å². The number of hydrogen-bond donors (Lipinski definition) is 1. The molecule has 0 aliphatic rings. The van der Waals surface area contributed by atoms with Crippen molar-refractivity contribution in [2.75, 3.05) is 20.2 Å². The summed E-state index contributed by atoms with van der Waals surface area (Å²) in [5, 5.41) is 9.52. The minimum atomic E-state index is -0.778. The number of amides is 1. The van der Waals surface area contributed by atoms with Gasteiger partial charge in [0.1, 0.15) is 11.6 Å². The summed E-state index contributed by atoms with van der Waals surface area (Å²) in [6.45, 7) is 3.81. The maximum absolute atomic E-state index is 13.1. The molecule has 1 aromatic carbocycles. The molecular weight excluding hydrogens is 237 g/mol. The van der Waals surface area contributed by atoms with Gasteiger partial charge in [0.05, 0.1) is 6.10 Å². The highest BCUT2D eigenvalue weighted by molar-refractivity contribution is 5.77. The first-order valence-corrected chi connectivity index (χ1v) is 5.80. The average molecular weight is 255 g/mol. The molecule has 0 saturated heterocycles. The molecule has 0 fully saturated rings. The van der Waals surface area contributed by atoms with E-state index in [-0.39, 0.29) is 18.3 Å². The lowest BCUT2D eigenvalue weighted by Crippen LogP contribution is -2.31. The second kappa shape index (κ2) is 6.35. The van der Waals surface area contributed by atoms with Gasteiger partial charge in [-0.15, -0.1) is 0 Å². The van der Waals surface area contributed by atoms with Gasteiger partial charge in [0.25, 0.3) is 5.91 Å². The first kappa shape index (κ1) is 14.4. The number of aliphatic hydroxyl groups is 1. The number of halogens is 1. The predicted molar refractivity (Wildman–Crippen MR) is 65.8 cm³/mol. The Bertz CT molecular complexity index is 421. The standard InChI is InChI=1S/C13H18FNO3/c1-4-15(3)13(17)8-18-12-7-10(14)5-6-11(12)9(2)16/h5-7,9,16H,4,8H2,1-3H3/t9-/m0/s1. The Kier molecular flexibility index (Phi) is 5.09. The van der Waals surface area contributed by atoms with Crippen LogP contribution in [0.25, 0.3) is 0 Å². The summed E-state index contributed by atoms with van der Waals surface area (Å²) in [5.41, 5.74) is 0.461. The third-order valence-corrected chi connectivity index (χ3v) is 2.68. The smallest absolute Gasteiger partial charge is 0.260 e. The highest BCUT2D eigenvalue weighted by Gasteiger charge is 2.13. The van der Waals surface area contributed by atoms with Crippen LogP contribution in [0.1, 0.15) is 25.5 Å². The molecule has 18 heavy (non-hydrogen) atoms. The molecule has 5 heteroatoms. The van der Waals surface area contributed by atoms with Crippen molar-refractivity contribution in [3.63, 3.8) is 0 Å². The van der Waals surface area contributed by atoms with Crippen molar-refractivity contribution in [2.45, 2.75) is 20.0 Å². The lowest BCUT2D eigenvalue weighted by Gasteiger charge is -2.17. The molecule has 1 rings (SSSR count). The number of carbonyl (C=O) groups is 1. The molecule has 0 spiro atoms. The summed E-state index contributed by atoms with van der Waals surface area (Å²) in [7, 11) is 1.66. The van der Waals surface area contributed by atoms with Crippen molar-refractivity contribution in [1.29, 1.82) is 0 Å². The molecule has 0 radical (unpaired) electrons. The molecular formula is C13H18FNO3. The van der Waals surface area contributed by atoms with Gasteiger partial charge in [-0.1, -0.05) is 0 Å². The molecule has 0 aliphatic heterocycles. The Morgan fingerprint density at radius 3 is 2.78 bits per heavy atom. The molecule has 1 atom stereocenters. The highest BCUT2D eigenvalue weighted by Crippen LogP contribution is 2.25. The van der Waals surface area contributed by atoms with Crippen molar-refractivity contribution in [2.24, 2.45) is 0 Å². The van der Waals surface area contributed by atoms with E-state index in [0.717, 1.165) is 0 Å². The number of benzene rings is 1. The Labute approximate surface area is 106 Å². The summed E-state index contributed by atoms with van der Waals surface area (Å²) >= 11 is 0. The van der Waals surface area contributed by atoms with Gasteiger partial charge in [0.15, 0.2) is 6.61 Å². The maximum Gasteiger partial charge on any atom is 0.260 e. The predicted octanol–water partition coefficient (Wildman–Crippen LogP) is 1.74. The van der Waals surface area contributed by atoms with Gasteiger partial charge in [-0.3, -0.25) is 4.79 Å². The highest BCUT2D eigenvalue weighted by atomic mass is 19.1. The average Bonchev–Trinajstić information content (AvgIpc) is 2.34. The monoisotopic (exact) mass is 255 g/mol. The van der Waals surface area contributed by atoms with Gasteiger partial charge in [-0.25, -0.2) is 4.39 Å². The molecule has 0 aliphatic carbocycles. The molecule has 0 heterocycles. The van der Waals surface area contributed by atoms with E-state index in [1.54, 1.807) is 14.0 Å². The SMILES string of the molecule is CCN(C)C(=O)COc1cc(F)ccc1[C@H](C)O. The van der Waals surface area contributed by atoms with E-state index in [1.807, 2.05) is 6.92 Å². The molecule has 0 unspecified atom stereocenters. The van der Waals surface area contributed by atoms with Crippen molar-refractivity contribution < 1.29 is 19.0 Å². The van der Waals surface area contributed by atoms with Crippen LogP contribution in [0.4, 0.5) is 4.39 Å². The fraction of sp³-hybridized carbons (Fsp3) is 0.462. The van der Waals surface area contributed by atoms with Gasteiger partial charge in [0, 0.05) is 25.2 Å². The second-order valence-electron chi connectivity index (χ2n) is 4.05. The van der Waals surface area contributed by atoms with Gasteiger partial charge >= 0.3 is 0 Å². The molecule has 100 valence electrons. The Hall–Kier alpha value is -1.62. The largest absolute Gasteiger partial charge is 0.483 e. The van der Waals surface area contributed by atoms with E-state index in [9.17, 15) is 14.3 Å². The third kappa shape index (κ3) is 3.70. The molecule has 0 saturated carbocycles. The van der Waals surface area contributed by atoms with Crippen LogP contribution in [0.2, 0.25) is 0 Å². The minimum absolute atomic E-state index is 0.173. The quantitative estimate of drug-likeness (QED) is 0.871. The molecule has 0 aromatic heterocycles.